The quantitative estimate of drug-likeness (QED) is 0.779. The second-order valence-corrected chi connectivity index (χ2v) is 4.98. The molecule has 0 bridgehead atoms. The van der Waals surface area contributed by atoms with E-state index in [1.165, 1.54) is 7.11 Å². The van der Waals surface area contributed by atoms with E-state index in [1.54, 1.807) is 5.32 Å². The molecule has 0 saturated heterocycles. The molecule has 1 aliphatic carbocycles. The molecule has 0 unspecified atom stereocenters. The van der Waals surface area contributed by atoms with Crippen molar-refractivity contribution in [1.29, 1.82) is 0 Å². The monoisotopic (exact) mass is 296 g/mol. The van der Waals surface area contributed by atoms with Crippen molar-refractivity contribution < 1.29 is 27.5 Å². The molecule has 0 aliphatic heterocycles. The molecule has 1 aliphatic rings. The normalized spacial score (nSPS) is 18.2. The zero-order valence-electron chi connectivity index (χ0n) is 11.3. The van der Waals surface area contributed by atoms with E-state index in [9.17, 15) is 22.8 Å². The van der Waals surface area contributed by atoms with Crippen molar-refractivity contribution in [3.8, 4) is 0 Å². The molecule has 5 nitrogen and oxygen atoms in total. The van der Waals surface area contributed by atoms with Gasteiger partial charge in [0.2, 0.25) is 0 Å². The smallest absolute Gasteiger partial charge is 0.405 e. The molecule has 0 radical (unpaired) electrons. The number of esters is 1. The van der Waals surface area contributed by atoms with Gasteiger partial charge in [0.1, 0.15) is 6.54 Å². The molecule has 116 valence electrons. The summed E-state index contributed by atoms with van der Waals surface area (Å²) in [5, 5.41) is 4.04. The third-order valence-corrected chi connectivity index (χ3v) is 3.47. The first-order valence-electron chi connectivity index (χ1n) is 6.46. The molecule has 2 amide bonds. The van der Waals surface area contributed by atoms with Crippen LogP contribution in [0.25, 0.3) is 0 Å². The van der Waals surface area contributed by atoms with Gasteiger partial charge in [-0.2, -0.15) is 13.2 Å². The molecule has 0 atom stereocenters. The summed E-state index contributed by atoms with van der Waals surface area (Å²) in [6.07, 6.45) is -0.651. The van der Waals surface area contributed by atoms with Crippen LogP contribution in [0, 0.1) is 5.41 Å². The van der Waals surface area contributed by atoms with Crippen molar-refractivity contribution in [2.24, 2.45) is 5.41 Å². The number of hydrogen-bond acceptors (Lipinski definition) is 3. The summed E-state index contributed by atoms with van der Waals surface area (Å²) in [5.41, 5.74) is -0.817. The first-order chi connectivity index (χ1) is 9.29. The summed E-state index contributed by atoms with van der Waals surface area (Å²) in [4.78, 5) is 23.2. The standard InChI is InChI=1S/C12H19F3N2O3/c1-20-9(18)11(5-3-2-4-6-11)7-16-10(19)17-8-12(13,14)15/h2-8H2,1H3,(H2,16,17,19). The van der Waals surface area contributed by atoms with Gasteiger partial charge in [0.15, 0.2) is 0 Å². The minimum absolute atomic E-state index is 0.0106. The molecule has 0 aromatic rings. The molecular formula is C12H19F3N2O3. The zero-order valence-corrected chi connectivity index (χ0v) is 11.3. The van der Waals surface area contributed by atoms with Gasteiger partial charge in [-0.1, -0.05) is 19.3 Å². The van der Waals surface area contributed by atoms with E-state index in [1.807, 2.05) is 0 Å². The zero-order chi connectivity index (χ0) is 15.2. The van der Waals surface area contributed by atoms with Gasteiger partial charge in [0.25, 0.3) is 0 Å². The number of urea groups is 1. The first-order valence-corrected chi connectivity index (χ1v) is 6.46. The van der Waals surface area contributed by atoms with Crippen LogP contribution in [0.4, 0.5) is 18.0 Å². The van der Waals surface area contributed by atoms with E-state index in [4.69, 9.17) is 4.74 Å². The van der Waals surface area contributed by atoms with Crippen LogP contribution >= 0.6 is 0 Å². The summed E-state index contributed by atoms with van der Waals surface area (Å²) in [5.74, 6) is -0.423. The fraction of sp³-hybridized carbons (Fsp3) is 0.833. The van der Waals surface area contributed by atoms with Crippen LogP contribution in [0.3, 0.4) is 0 Å². The Morgan fingerprint density at radius 1 is 1.15 bits per heavy atom. The molecular weight excluding hydrogens is 277 g/mol. The van der Waals surface area contributed by atoms with Gasteiger partial charge in [-0.15, -0.1) is 0 Å². The van der Waals surface area contributed by atoms with Crippen molar-refractivity contribution in [2.75, 3.05) is 20.2 Å². The largest absolute Gasteiger partial charge is 0.469 e. The number of carbonyl (C=O) groups excluding carboxylic acids is 2. The average molecular weight is 296 g/mol. The Morgan fingerprint density at radius 3 is 2.25 bits per heavy atom. The lowest BCUT2D eigenvalue weighted by molar-refractivity contribution is -0.154. The van der Waals surface area contributed by atoms with E-state index < -0.39 is 30.1 Å². The average Bonchev–Trinajstić information content (AvgIpc) is 2.42. The molecule has 0 aromatic carbocycles. The number of nitrogens with one attached hydrogen (secondary N) is 2. The lowest BCUT2D eigenvalue weighted by Crippen LogP contribution is -2.48. The van der Waals surface area contributed by atoms with E-state index in [0.29, 0.717) is 12.8 Å². The van der Waals surface area contributed by atoms with Crippen molar-refractivity contribution in [3.63, 3.8) is 0 Å². The van der Waals surface area contributed by atoms with Crippen molar-refractivity contribution in [3.05, 3.63) is 0 Å². The number of halogens is 3. The van der Waals surface area contributed by atoms with Gasteiger partial charge >= 0.3 is 18.2 Å². The summed E-state index contributed by atoms with van der Waals surface area (Å²) >= 11 is 0. The minimum atomic E-state index is -4.46. The van der Waals surface area contributed by atoms with Crippen LogP contribution in [0.5, 0.6) is 0 Å². The molecule has 2 N–H and O–H groups in total. The highest BCUT2D eigenvalue weighted by Gasteiger charge is 2.41. The highest BCUT2D eigenvalue weighted by Crippen LogP contribution is 2.36. The Balaban J connectivity index is 2.50. The van der Waals surface area contributed by atoms with Crippen molar-refractivity contribution in [2.45, 2.75) is 38.3 Å². The third-order valence-electron chi connectivity index (χ3n) is 3.47. The maximum Gasteiger partial charge on any atom is 0.405 e. The topological polar surface area (TPSA) is 67.4 Å². The number of carbonyl (C=O) groups is 2. The highest BCUT2D eigenvalue weighted by molar-refractivity contribution is 5.79. The van der Waals surface area contributed by atoms with E-state index in [0.717, 1.165) is 19.3 Å². The highest BCUT2D eigenvalue weighted by atomic mass is 19.4. The maximum absolute atomic E-state index is 12.0. The first kappa shape index (κ1) is 16.6. The SMILES string of the molecule is COC(=O)C1(CNC(=O)NCC(F)(F)F)CCCCC1. The van der Waals surface area contributed by atoms with Gasteiger partial charge in [0, 0.05) is 6.54 Å². The Morgan fingerprint density at radius 2 is 1.75 bits per heavy atom. The van der Waals surface area contributed by atoms with Gasteiger partial charge in [-0.05, 0) is 12.8 Å². The van der Waals surface area contributed by atoms with Crippen molar-refractivity contribution >= 4 is 12.0 Å². The molecule has 0 heterocycles. The second kappa shape index (κ2) is 6.81. The summed E-state index contributed by atoms with van der Waals surface area (Å²) in [6, 6.07) is -0.934. The van der Waals surface area contributed by atoms with Crippen LogP contribution in [0.1, 0.15) is 32.1 Å². The number of rotatable bonds is 4. The predicted molar refractivity (Wildman–Crippen MR) is 65.0 cm³/mol. The number of alkyl halides is 3. The maximum atomic E-state index is 12.0. The lowest BCUT2D eigenvalue weighted by atomic mass is 9.74. The van der Waals surface area contributed by atoms with Gasteiger partial charge in [0.05, 0.1) is 12.5 Å². The van der Waals surface area contributed by atoms with Gasteiger partial charge in [-0.3, -0.25) is 4.79 Å². The van der Waals surface area contributed by atoms with Crippen LogP contribution in [-0.4, -0.2) is 38.4 Å². The fourth-order valence-electron chi connectivity index (χ4n) is 2.39. The molecule has 0 spiro atoms. The van der Waals surface area contributed by atoms with Crippen LogP contribution in [-0.2, 0) is 9.53 Å². The minimum Gasteiger partial charge on any atom is -0.469 e. The van der Waals surface area contributed by atoms with Gasteiger partial charge in [-0.25, -0.2) is 4.79 Å². The van der Waals surface area contributed by atoms with E-state index in [-0.39, 0.29) is 6.54 Å². The second-order valence-electron chi connectivity index (χ2n) is 4.98. The number of hydrogen-bond donors (Lipinski definition) is 2. The molecule has 1 saturated carbocycles. The Labute approximate surface area is 115 Å². The van der Waals surface area contributed by atoms with Crippen LogP contribution in [0.2, 0.25) is 0 Å². The molecule has 1 fully saturated rings. The Kier molecular flexibility index (Phi) is 5.64. The Hall–Kier alpha value is -1.47. The number of amides is 2. The molecule has 1 rings (SSSR count). The molecule has 8 heteroatoms. The predicted octanol–water partition coefficient (Wildman–Crippen LogP) is 1.97. The lowest BCUT2D eigenvalue weighted by Gasteiger charge is -2.34. The summed E-state index contributed by atoms with van der Waals surface area (Å²) in [7, 11) is 1.27. The van der Waals surface area contributed by atoms with E-state index in [2.05, 4.69) is 5.32 Å². The van der Waals surface area contributed by atoms with Crippen LogP contribution in [0.15, 0.2) is 0 Å². The molecule has 20 heavy (non-hydrogen) atoms. The third kappa shape index (κ3) is 4.90. The fourth-order valence-corrected chi connectivity index (χ4v) is 2.39. The van der Waals surface area contributed by atoms with Gasteiger partial charge < -0.3 is 15.4 Å². The molecule has 0 aromatic heterocycles. The Bertz CT molecular complexity index is 352. The number of methoxy groups -OCH3 is 1. The summed E-state index contributed by atoms with van der Waals surface area (Å²) in [6.45, 7) is -1.41. The van der Waals surface area contributed by atoms with Crippen LogP contribution < -0.4 is 10.6 Å². The van der Waals surface area contributed by atoms with E-state index >= 15 is 0 Å². The van der Waals surface area contributed by atoms with Crippen molar-refractivity contribution in [1.82, 2.24) is 10.6 Å². The number of ether oxygens (including phenoxy) is 1. The summed E-state index contributed by atoms with van der Waals surface area (Å²) < 4.78 is 40.6.